The molecule has 2 rings (SSSR count). The molecule has 29 heavy (non-hydrogen) atoms. The summed E-state index contributed by atoms with van der Waals surface area (Å²) in [6.07, 6.45) is 13.7. The summed E-state index contributed by atoms with van der Waals surface area (Å²) >= 11 is 0. The van der Waals surface area contributed by atoms with Gasteiger partial charge in [0, 0.05) is 11.6 Å². The topological polar surface area (TPSA) is 66.8 Å². The summed E-state index contributed by atoms with van der Waals surface area (Å²) < 4.78 is 4.68. The van der Waals surface area contributed by atoms with Crippen LogP contribution in [-0.4, -0.2) is 29.1 Å². The summed E-state index contributed by atoms with van der Waals surface area (Å²) in [6.45, 7) is 9.31. The summed E-state index contributed by atoms with van der Waals surface area (Å²) in [7, 11) is 0. The Morgan fingerprint density at radius 3 is 2.62 bits per heavy atom. The average Bonchev–Trinajstić information content (AvgIpc) is 2.96. The Labute approximate surface area is 176 Å². The van der Waals surface area contributed by atoms with Crippen molar-refractivity contribution in [2.45, 2.75) is 91.8 Å². The van der Waals surface area contributed by atoms with Gasteiger partial charge in [-0.3, -0.25) is 0 Å². The number of allylic oxidation sites excluding steroid dienone is 5. The second-order valence-corrected chi connectivity index (χ2v) is 9.15. The Hall–Kier alpha value is -1.65. The van der Waals surface area contributed by atoms with Gasteiger partial charge >= 0.3 is 5.97 Å². The molecule has 4 nitrogen and oxygen atoms in total. The number of aliphatic hydroxyl groups excluding tert-OH is 2. The van der Waals surface area contributed by atoms with Gasteiger partial charge in [0.15, 0.2) is 0 Å². The highest BCUT2D eigenvalue weighted by Gasteiger charge is 2.27. The minimum absolute atomic E-state index is 0.0458. The van der Waals surface area contributed by atoms with E-state index in [9.17, 15) is 15.0 Å². The summed E-state index contributed by atoms with van der Waals surface area (Å²) in [5, 5.41) is 19.2. The van der Waals surface area contributed by atoms with E-state index < -0.39 is 12.3 Å². The fourth-order valence-corrected chi connectivity index (χ4v) is 4.48. The first-order valence-corrected chi connectivity index (χ1v) is 11.0. The third kappa shape index (κ3) is 7.27. The van der Waals surface area contributed by atoms with Crippen LogP contribution in [-0.2, 0) is 9.53 Å². The van der Waals surface area contributed by atoms with E-state index in [1.807, 2.05) is 6.08 Å². The molecule has 1 unspecified atom stereocenters. The molecule has 0 aromatic carbocycles. The minimum Gasteiger partial charge on any atom is -0.429 e. The predicted octanol–water partition coefficient (Wildman–Crippen LogP) is 5.52. The normalized spacial score (nSPS) is 22.8. The van der Waals surface area contributed by atoms with Gasteiger partial charge in [0.25, 0.3) is 0 Å². The van der Waals surface area contributed by atoms with E-state index in [2.05, 4.69) is 38.5 Å². The molecule has 2 N–H and O–H groups in total. The number of cyclic esters (lactones) is 1. The van der Waals surface area contributed by atoms with E-state index in [-0.39, 0.29) is 6.61 Å². The monoisotopic (exact) mass is 402 g/mol. The molecule has 4 heteroatoms. The van der Waals surface area contributed by atoms with Gasteiger partial charge in [-0.2, -0.15) is 0 Å². The molecular weight excluding hydrogens is 364 g/mol. The quantitative estimate of drug-likeness (QED) is 0.373. The zero-order chi connectivity index (χ0) is 21.4. The number of carbonyl (C=O) groups is 1. The standard InChI is InChI=1S/C25H38O4/c1-18(13-14-22-19(2)9-7-15-25(22,3)4)8-5-10-20(17-26)11-6-12-21-16-23(27)29-24(21)28/h8,11,16,24,26,28H,5-7,9-10,12-15,17H2,1-4H3/b18-8+,20-11+. The zero-order valence-corrected chi connectivity index (χ0v) is 18.6. The number of rotatable bonds is 10. The molecule has 1 aliphatic heterocycles. The molecule has 0 saturated heterocycles. The van der Waals surface area contributed by atoms with E-state index in [0.717, 1.165) is 31.3 Å². The Morgan fingerprint density at radius 2 is 2.00 bits per heavy atom. The van der Waals surface area contributed by atoms with Crippen molar-refractivity contribution in [3.8, 4) is 0 Å². The van der Waals surface area contributed by atoms with Crippen LogP contribution in [0, 0.1) is 5.41 Å². The highest BCUT2D eigenvalue weighted by molar-refractivity contribution is 5.85. The van der Waals surface area contributed by atoms with Crippen LogP contribution in [0.15, 0.2) is 46.1 Å². The second kappa shape index (κ2) is 10.9. The molecule has 0 radical (unpaired) electrons. The first-order chi connectivity index (χ1) is 13.7. The zero-order valence-electron chi connectivity index (χ0n) is 18.6. The van der Waals surface area contributed by atoms with Crippen LogP contribution in [0.25, 0.3) is 0 Å². The van der Waals surface area contributed by atoms with Gasteiger partial charge in [-0.15, -0.1) is 0 Å². The lowest BCUT2D eigenvalue weighted by Crippen LogP contribution is -2.20. The van der Waals surface area contributed by atoms with Crippen LogP contribution in [0.5, 0.6) is 0 Å². The van der Waals surface area contributed by atoms with Crippen molar-refractivity contribution >= 4 is 5.97 Å². The van der Waals surface area contributed by atoms with Crippen LogP contribution in [0.4, 0.5) is 0 Å². The van der Waals surface area contributed by atoms with E-state index in [4.69, 9.17) is 0 Å². The van der Waals surface area contributed by atoms with Gasteiger partial charge in [-0.25, -0.2) is 4.79 Å². The summed E-state index contributed by atoms with van der Waals surface area (Å²) in [5.74, 6) is -0.484. The van der Waals surface area contributed by atoms with Gasteiger partial charge in [0.2, 0.25) is 6.29 Å². The smallest absolute Gasteiger partial charge is 0.333 e. The molecule has 0 amide bonds. The van der Waals surface area contributed by atoms with Crippen LogP contribution < -0.4 is 0 Å². The summed E-state index contributed by atoms with van der Waals surface area (Å²) in [6, 6.07) is 0. The molecule has 0 spiro atoms. The lowest BCUT2D eigenvalue weighted by Gasteiger charge is -2.35. The van der Waals surface area contributed by atoms with Crippen LogP contribution in [0.3, 0.4) is 0 Å². The maximum Gasteiger partial charge on any atom is 0.333 e. The molecule has 0 aromatic rings. The first-order valence-electron chi connectivity index (χ1n) is 11.0. The van der Waals surface area contributed by atoms with E-state index >= 15 is 0 Å². The molecule has 0 aromatic heterocycles. The van der Waals surface area contributed by atoms with Crippen molar-refractivity contribution in [1.82, 2.24) is 0 Å². The van der Waals surface area contributed by atoms with E-state index in [1.165, 1.54) is 30.9 Å². The fourth-order valence-electron chi connectivity index (χ4n) is 4.48. The van der Waals surface area contributed by atoms with Crippen molar-refractivity contribution < 1.29 is 19.7 Å². The largest absolute Gasteiger partial charge is 0.429 e. The second-order valence-electron chi connectivity index (χ2n) is 9.15. The van der Waals surface area contributed by atoms with Gasteiger partial charge in [-0.05, 0) is 82.6 Å². The highest BCUT2D eigenvalue weighted by Crippen LogP contribution is 2.42. The molecule has 1 aliphatic carbocycles. The van der Waals surface area contributed by atoms with Crippen molar-refractivity contribution in [2.75, 3.05) is 6.61 Å². The van der Waals surface area contributed by atoms with Crippen molar-refractivity contribution in [2.24, 2.45) is 5.41 Å². The van der Waals surface area contributed by atoms with Gasteiger partial charge in [0.05, 0.1) is 6.61 Å². The van der Waals surface area contributed by atoms with Gasteiger partial charge in [0.1, 0.15) is 0 Å². The first kappa shape index (κ1) is 23.6. The molecular formula is C25H38O4. The van der Waals surface area contributed by atoms with Gasteiger partial charge in [-0.1, -0.05) is 42.7 Å². The molecule has 0 saturated carbocycles. The molecule has 1 heterocycles. The number of hydrogen-bond donors (Lipinski definition) is 2. The number of ether oxygens (including phenoxy) is 1. The molecule has 0 bridgehead atoms. The Balaban J connectivity index is 1.78. The van der Waals surface area contributed by atoms with Crippen molar-refractivity contribution in [1.29, 1.82) is 0 Å². The summed E-state index contributed by atoms with van der Waals surface area (Å²) in [5.41, 5.74) is 6.61. The summed E-state index contributed by atoms with van der Waals surface area (Å²) in [4.78, 5) is 11.1. The average molecular weight is 403 g/mol. The lowest BCUT2D eigenvalue weighted by molar-refractivity contribution is -0.151. The number of hydrogen-bond acceptors (Lipinski definition) is 4. The maximum atomic E-state index is 11.1. The SMILES string of the molecule is CC1=C(CC/C(C)=C/CC/C(=C\CCC2=CC(=O)OC2O)CO)C(C)(C)CCC1. The molecule has 1 atom stereocenters. The van der Waals surface area contributed by atoms with Crippen molar-refractivity contribution in [3.63, 3.8) is 0 Å². The number of carbonyl (C=O) groups excluding carboxylic acids is 1. The van der Waals surface area contributed by atoms with Gasteiger partial charge < -0.3 is 14.9 Å². The van der Waals surface area contributed by atoms with E-state index in [1.54, 1.807) is 11.1 Å². The van der Waals surface area contributed by atoms with Crippen molar-refractivity contribution in [3.05, 3.63) is 46.1 Å². The minimum atomic E-state index is -1.10. The van der Waals surface area contributed by atoms with Crippen LogP contribution in [0.1, 0.15) is 85.5 Å². The Kier molecular flexibility index (Phi) is 8.91. The van der Waals surface area contributed by atoms with Crippen LogP contribution in [0.2, 0.25) is 0 Å². The Morgan fingerprint density at radius 1 is 1.24 bits per heavy atom. The van der Waals surface area contributed by atoms with Crippen LogP contribution >= 0.6 is 0 Å². The van der Waals surface area contributed by atoms with E-state index in [0.29, 0.717) is 23.8 Å². The number of aliphatic hydroxyl groups is 2. The Bertz CT molecular complexity index is 706. The fraction of sp³-hybridized carbons (Fsp3) is 0.640. The third-order valence-electron chi connectivity index (χ3n) is 6.33. The highest BCUT2D eigenvalue weighted by atomic mass is 16.6. The lowest BCUT2D eigenvalue weighted by atomic mass is 9.71. The molecule has 2 aliphatic rings. The molecule has 0 fully saturated rings. The third-order valence-corrected chi connectivity index (χ3v) is 6.33. The maximum absolute atomic E-state index is 11.1. The molecule has 162 valence electrons. The predicted molar refractivity (Wildman–Crippen MR) is 117 cm³/mol. The number of esters is 1.